The normalized spacial score (nSPS) is 11.2. The van der Waals surface area contributed by atoms with E-state index in [0.29, 0.717) is 5.75 Å². The van der Waals surface area contributed by atoms with Crippen LogP contribution >= 0.6 is 0 Å². The van der Waals surface area contributed by atoms with Crippen LogP contribution in [0.5, 0.6) is 5.75 Å². The van der Waals surface area contributed by atoms with E-state index in [1.165, 1.54) is 0 Å². The number of benzene rings is 1. The SMILES string of the molecule is Cc1cc(CO)cc(OCC(=O)OC(C)(C)C)c1. The molecule has 0 amide bonds. The molecule has 100 valence electrons. The summed E-state index contributed by atoms with van der Waals surface area (Å²) in [6.07, 6.45) is 0. The molecule has 1 rings (SSSR count). The van der Waals surface area contributed by atoms with Gasteiger partial charge < -0.3 is 14.6 Å². The topological polar surface area (TPSA) is 55.8 Å². The van der Waals surface area contributed by atoms with Crippen LogP contribution in [0.2, 0.25) is 0 Å². The Labute approximate surface area is 108 Å². The standard InChI is InChI=1S/C14H20O4/c1-10-5-11(8-15)7-12(6-10)17-9-13(16)18-14(2,3)4/h5-7,15H,8-9H2,1-4H3. The summed E-state index contributed by atoms with van der Waals surface area (Å²) < 4.78 is 10.5. The molecule has 0 fully saturated rings. The Bertz CT molecular complexity index is 418. The van der Waals surface area contributed by atoms with Gasteiger partial charge in [-0.05, 0) is 51.0 Å². The molecule has 0 atom stereocenters. The molecule has 0 heterocycles. The highest BCUT2D eigenvalue weighted by Crippen LogP contribution is 2.17. The largest absolute Gasteiger partial charge is 0.482 e. The lowest BCUT2D eigenvalue weighted by Gasteiger charge is -2.19. The summed E-state index contributed by atoms with van der Waals surface area (Å²) in [5.41, 5.74) is 1.22. The zero-order valence-electron chi connectivity index (χ0n) is 11.3. The molecule has 0 spiro atoms. The third-order valence-corrected chi connectivity index (χ3v) is 2.07. The number of aryl methyl sites for hydroxylation is 1. The van der Waals surface area contributed by atoms with E-state index >= 15 is 0 Å². The van der Waals surface area contributed by atoms with Gasteiger partial charge >= 0.3 is 5.97 Å². The lowest BCUT2D eigenvalue weighted by atomic mass is 10.1. The molecule has 1 aromatic carbocycles. The van der Waals surface area contributed by atoms with Crippen LogP contribution in [0.15, 0.2) is 18.2 Å². The zero-order chi connectivity index (χ0) is 13.8. The minimum atomic E-state index is -0.511. The summed E-state index contributed by atoms with van der Waals surface area (Å²) in [6, 6.07) is 5.38. The summed E-state index contributed by atoms with van der Waals surface area (Å²) in [6.45, 7) is 7.14. The summed E-state index contributed by atoms with van der Waals surface area (Å²) in [7, 11) is 0. The zero-order valence-corrected chi connectivity index (χ0v) is 11.3. The van der Waals surface area contributed by atoms with Gasteiger partial charge in [0.15, 0.2) is 6.61 Å². The fraction of sp³-hybridized carbons (Fsp3) is 0.500. The van der Waals surface area contributed by atoms with Crippen molar-refractivity contribution >= 4 is 5.97 Å². The first kappa shape index (κ1) is 14.5. The van der Waals surface area contributed by atoms with Crippen LogP contribution in [0, 0.1) is 6.92 Å². The number of aliphatic hydroxyl groups is 1. The van der Waals surface area contributed by atoms with Gasteiger partial charge in [0.25, 0.3) is 0 Å². The Morgan fingerprint density at radius 2 is 1.94 bits per heavy atom. The number of esters is 1. The minimum Gasteiger partial charge on any atom is -0.482 e. The van der Waals surface area contributed by atoms with Gasteiger partial charge in [0, 0.05) is 0 Å². The van der Waals surface area contributed by atoms with E-state index in [9.17, 15) is 4.79 Å². The number of hydrogen-bond acceptors (Lipinski definition) is 4. The molecule has 18 heavy (non-hydrogen) atoms. The quantitative estimate of drug-likeness (QED) is 0.835. The van der Waals surface area contributed by atoms with Crippen molar-refractivity contribution in [3.05, 3.63) is 29.3 Å². The number of rotatable bonds is 4. The monoisotopic (exact) mass is 252 g/mol. The van der Waals surface area contributed by atoms with E-state index in [4.69, 9.17) is 14.6 Å². The van der Waals surface area contributed by atoms with Crippen molar-refractivity contribution in [3.63, 3.8) is 0 Å². The first-order chi connectivity index (χ1) is 8.30. The Morgan fingerprint density at radius 3 is 2.50 bits per heavy atom. The van der Waals surface area contributed by atoms with Gasteiger partial charge in [-0.2, -0.15) is 0 Å². The predicted molar refractivity (Wildman–Crippen MR) is 68.4 cm³/mol. The highest BCUT2D eigenvalue weighted by Gasteiger charge is 2.16. The first-order valence-corrected chi connectivity index (χ1v) is 5.86. The second-order valence-electron chi connectivity index (χ2n) is 5.19. The molecule has 0 saturated heterocycles. The van der Waals surface area contributed by atoms with Crippen LogP contribution in [0.4, 0.5) is 0 Å². The van der Waals surface area contributed by atoms with Gasteiger partial charge in [-0.1, -0.05) is 6.07 Å². The third-order valence-electron chi connectivity index (χ3n) is 2.07. The second-order valence-corrected chi connectivity index (χ2v) is 5.19. The molecular weight excluding hydrogens is 232 g/mol. The molecule has 0 saturated carbocycles. The Balaban J connectivity index is 2.58. The van der Waals surface area contributed by atoms with Crippen molar-refractivity contribution < 1.29 is 19.4 Å². The molecule has 0 aliphatic rings. The second kappa shape index (κ2) is 5.87. The maximum absolute atomic E-state index is 11.5. The molecule has 0 aliphatic carbocycles. The van der Waals surface area contributed by atoms with Crippen molar-refractivity contribution in [2.75, 3.05) is 6.61 Å². The smallest absolute Gasteiger partial charge is 0.344 e. The fourth-order valence-corrected chi connectivity index (χ4v) is 1.51. The number of aliphatic hydroxyl groups excluding tert-OH is 1. The van der Waals surface area contributed by atoms with Gasteiger partial charge in [-0.15, -0.1) is 0 Å². The highest BCUT2D eigenvalue weighted by molar-refractivity contribution is 5.71. The van der Waals surface area contributed by atoms with Crippen molar-refractivity contribution in [1.29, 1.82) is 0 Å². The summed E-state index contributed by atoms with van der Waals surface area (Å²) >= 11 is 0. The van der Waals surface area contributed by atoms with Crippen LogP contribution in [0.3, 0.4) is 0 Å². The summed E-state index contributed by atoms with van der Waals surface area (Å²) in [5.74, 6) is 0.152. The molecule has 0 bridgehead atoms. The van der Waals surface area contributed by atoms with Crippen molar-refractivity contribution in [2.24, 2.45) is 0 Å². The van der Waals surface area contributed by atoms with Crippen LogP contribution in [0.25, 0.3) is 0 Å². The maximum Gasteiger partial charge on any atom is 0.344 e. The summed E-state index contributed by atoms with van der Waals surface area (Å²) in [5, 5.41) is 9.07. The molecule has 1 aromatic rings. The Kier molecular flexibility index (Phi) is 4.73. The lowest BCUT2D eigenvalue weighted by Crippen LogP contribution is -2.27. The molecule has 4 heteroatoms. The fourth-order valence-electron chi connectivity index (χ4n) is 1.51. The lowest BCUT2D eigenvalue weighted by molar-refractivity contribution is -0.157. The molecular formula is C14H20O4. The van der Waals surface area contributed by atoms with Crippen molar-refractivity contribution in [3.8, 4) is 5.75 Å². The van der Waals surface area contributed by atoms with Gasteiger partial charge in [0.05, 0.1) is 6.61 Å². The van der Waals surface area contributed by atoms with Gasteiger partial charge in [-0.3, -0.25) is 0 Å². The van der Waals surface area contributed by atoms with E-state index in [1.807, 2.05) is 19.1 Å². The highest BCUT2D eigenvalue weighted by atomic mass is 16.6. The molecule has 1 N–H and O–H groups in total. The van der Waals surface area contributed by atoms with E-state index in [-0.39, 0.29) is 13.2 Å². The van der Waals surface area contributed by atoms with Crippen molar-refractivity contribution in [1.82, 2.24) is 0 Å². The number of ether oxygens (including phenoxy) is 2. The molecule has 0 aliphatic heterocycles. The minimum absolute atomic E-state index is 0.0511. The van der Waals surface area contributed by atoms with Crippen molar-refractivity contribution in [2.45, 2.75) is 39.9 Å². The average Bonchev–Trinajstić information content (AvgIpc) is 2.23. The molecule has 0 unspecified atom stereocenters. The van der Waals surface area contributed by atoms with Gasteiger partial charge in [0.1, 0.15) is 11.4 Å². The van der Waals surface area contributed by atoms with Crippen LogP contribution < -0.4 is 4.74 Å². The van der Waals surface area contributed by atoms with Crippen LogP contribution in [-0.2, 0) is 16.1 Å². The van der Waals surface area contributed by atoms with E-state index in [0.717, 1.165) is 11.1 Å². The Morgan fingerprint density at radius 1 is 1.28 bits per heavy atom. The average molecular weight is 252 g/mol. The first-order valence-electron chi connectivity index (χ1n) is 5.86. The number of hydrogen-bond donors (Lipinski definition) is 1. The number of carbonyl (C=O) groups excluding carboxylic acids is 1. The molecule has 0 radical (unpaired) electrons. The van der Waals surface area contributed by atoms with Crippen LogP contribution in [0.1, 0.15) is 31.9 Å². The van der Waals surface area contributed by atoms with E-state index < -0.39 is 11.6 Å². The maximum atomic E-state index is 11.5. The van der Waals surface area contributed by atoms with E-state index in [2.05, 4.69) is 0 Å². The van der Waals surface area contributed by atoms with Gasteiger partial charge in [0.2, 0.25) is 0 Å². The third kappa shape index (κ3) is 5.19. The molecule has 4 nitrogen and oxygen atoms in total. The summed E-state index contributed by atoms with van der Waals surface area (Å²) in [4.78, 5) is 11.5. The predicted octanol–water partition coefficient (Wildman–Crippen LogP) is 2.21. The van der Waals surface area contributed by atoms with Crippen LogP contribution in [-0.4, -0.2) is 23.3 Å². The van der Waals surface area contributed by atoms with E-state index in [1.54, 1.807) is 26.8 Å². The van der Waals surface area contributed by atoms with Gasteiger partial charge in [-0.25, -0.2) is 4.79 Å². The number of carbonyl (C=O) groups is 1. The molecule has 0 aromatic heterocycles. The Hall–Kier alpha value is -1.55.